The third kappa shape index (κ3) is 3.14. The second-order valence-corrected chi connectivity index (χ2v) is 5.66. The average Bonchev–Trinajstić information content (AvgIpc) is 2.82. The molecule has 0 saturated heterocycles. The lowest BCUT2D eigenvalue weighted by atomic mass is 9.97. The van der Waals surface area contributed by atoms with Crippen molar-refractivity contribution in [2.75, 3.05) is 20.3 Å². The number of fused-ring (bicyclic) bond motifs is 1. The number of aryl methyl sites for hydroxylation is 1. The van der Waals surface area contributed by atoms with E-state index in [-0.39, 0.29) is 5.82 Å². The van der Waals surface area contributed by atoms with Gasteiger partial charge in [-0.2, -0.15) is 5.10 Å². The first kappa shape index (κ1) is 14.2. The van der Waals surface area contributed by atoms with Gasteiger partial charge in [-0.25, -0.2) is 4.39 Å². The van der Waals surface area contributed by atoms with Gasteiger partial charge in [-0.1, -0.05) is 12.1 Å². The number of halogens is 1. The fraction of sp³-hybridized carbons (Fsp3) is 0.438. The van der Waals surface area contributed by atoms with Crippen molar-refractivity contribution in [2.45, 2.75) is 19.0 Å². The maximum Gasteiger partial charge on any atom is 0.123 e. The van der Waals surface area contributed by atoms with Crippen molar-refractivity contribution >= 4 is 0 Å². The highest BCUT2D eigenvalue weighted by Gasteiger charge is 2.28. The summed E-state index contributed by atoms with van der Waals surface area (Å²) in [5.41, 5.74) is 3.53. The molecule has 3 rings (SSSR count). The lowest BCUT2D eigenvalue weighted by Crippen LogP contribution is -2.34. The van der Waals surface area contributed by atoms with Gasteiger partial charge in [-0.15, -0.1) is 0 Å². The van der Waals surface area contributed by atoms with Crippen LogP contribution in [-0.2, 0) is 24.9 Å². The molecule has 0 spiro atoms. The van der Waals surface area contributed by atoms with Crippen molar-refractivity contribution in [1.29, 1.82) is 0 Å². The highest BCUT2D eigenvalue weighted by Crippen LogP contribution is 2.28. The third-order valence-corrected chi connectivity index (χ3v) is 3.88. The van der Waals surface area contributed by atoms with Crippen LogP contribution >= 0.6 is 0 Å². The first-order valence-corrected chi connectivity index (χ1v) is 7.14. The molecule has 1 aromatic heterocycles. The minimum absolute atomic E-state index is 0.191. The van der Waals surface area contributed by atoms with Crippen LogP contribution in [0.1, 0.15) is 22.7 Å². The van der Waals surface area contributed by atoms with Crippen LogP contribution in [0.15, 0.2) is 30.5 Å². The van der Waals surface area contributed by atoms with Gasteiger partial charge in [0.2, 0.25) is 0 Å². The maximum absolute atomic E-state index is 13.0. The predicted octanol–water partition coefficient (Wildman–Crippen LogP) is 2.31. The summed E-state index contributed by atoms with van der Waals surface area (Å²) < 4.78 is 20.2. The maximum atomic E-state index is 13.0. The molecule has 1 aliphatic rings. The fourth-order valence-corrected chi connectivity index (χ4v) is 3.03. The van der Waals surface area contributed by atoms with E-state index < -0.39 is 0 Å². The smallest absolute Gasteiger partial charge is 0.123 e. The Labute approximate surface area is 124 Å². The molecule has 1 aliphatic heterocycles. The molecule has 112 valence electrons. The van der Waals surface area contributed by atoms with Crippen LogP contribution in [0.5, 0.6) is 0 Å². The van der Waals surface area contributed by atoms with Gasteiger partial charge < -0.3 is 4.74 Å². The van der Waals surface area contributed by atoms with Gasteiger partial charge in [0, 0.05) is 51.5 Å². The summed E-state index contributed by atoms with van der Waals surface area (Å²) in [6.45, 7) is 3.27. The number of benzene rings is 1. The second-order valence-electron chi connectivity index (χ2n) is 5.66. The summed E-state index contributed by atoms with van der Waals surface area (Å²) in [5.74, 6) is 0.101. The van der Waals surface area contributed by atoms with Crippen molar-refractivity contribution in [2.24, 2.45) is 7.05 Å². The summed E-state index contributed by atoms with van der Waals surface area (Å²) in [6, 6.07) is 6.72. The Morgan fingerprint density at radius 2 is 2.10 bits per heavy atom. The van der Waals surface area contributed by atoms with Gasteiger partial charge in [0.25, 0.3) is 0 Å². The number of hydrogen-bond donors (Lipinski definition) is 0. The molecule has 0 saturated carbocycles. The van der Waals surface area contributed by atoms with Gasteiger partial charge >= 0.3 is 0 Å². The molecule has 4 nitrogen and oxygen atoms in total. The molecular formula is C16H20FN3O. The fourth-order valence-electron chi connectivity index (χ4n) is 3.03. The van der Waals surface area contributed by atoms with Crippen LogP contribution in [0, 0.1) is 5.82 Å². The monoisotopic (exact) mass is 289 g/mol. The number of hydrogen-bond acceptors (Lipinski definition) is 3. The van der Waals surface area contributed by atoms with Crippen LogP contribution < -0.4 is 0 Å². The van der Waals surface area contributed by atoms with Crippen molar-refractivity contribution in [1.82, 2.24) is 14.7 Å². The van der Waals surface area contributed by atoms with Crippen molar-refractivity contribution in [3.05, 3.63) is 53.1 Å². The Morgan fingerprint density at radius 1 is 1.33 bits per heavy atom. The molecule has 0 amide bonds. The number of ether oxygens (including phenoxy) is 1. The van der Waals surface area contributed by atoms with E-state index in [0.29, 0.717) is 12.5 Å². The van der Waals surface area contributed by atoms with E-state index in [9.17, 15) is 4.39 Å². The van der Waals surface area contributed by atoms with Gasteiger partial charge in [0.05, 0.1) is 12.3 Å². The van der Waals surface area contributed by atoms with Crippen molar-refractivity contribution in [3.8, 4) is 0 Å². The van der Waals surface area contributed by atoms with Crippen LogP contribution in [0.2, 0.25) is 0 Å². The summed E-state index contributed by atoms with van der Waals surface area (Å²) in [4.78, 5) is 2.36. The average molecular weight is 289 g/mol. The SMILES string of the molecule is COC[C@H]1CN(Cc2ccc(F)cc2)Cc2cn(C)nc21. The highest BCUT2D eigenvalue weighted by atomic mass is 19.1. The first-order valence-electron chi connectivity index (χ1n) is 7.14. The molecule has 0 unspecified atom stereocenters. The van der Waals surface area contributed by atoms with E-state index in [1.165, 1.54) is 17.7 Å². The minimum atomic E-state index is -0.191. The lowest BCUT2D eigenvalue weighted by Gasteiger charge is -2.31. The van der Waals surface area contributed by atoms with Gasteiger partial charge in [0.1, 0.15) is 5.82 Å². The van der Waals surface area contributed by atoms with E-state index in [1.807, 2.05) is 23.9 Å². The molecule has 0 bridgehead atoms. The normalized spacial score (nSPS) is 18.7. The number of methoxy groups -OCH3 is 1. The molecule has 2 heterocycles. The van der Waals surface area contributed by atoms with Crippen LogP contribution in [0.3, 0.4) is 0 Å². The zero-order chi connectivity index (χ0) is 14.8. The summed E-state index contributed by atoms with van der Waals surface area (Å²) >= 11 is 0. The van der Waals surface area contributed by atoms with Crippen LogP contribution in [-0.4, -0.2) is 34.9 Å². The van der Waals surface area contributed by atoms with E-state index in [1.54, 1.807) is 7.11 Å². The lowest BCUT2D eigenvalue weighted by molar-refractivity contribution is 0.134. The molecular weight excluding hydrogens is 269 g/mol. The van der Waals surface area contributed by atoms with E-state index in [2.05, 4.69) is 16.2 Å². The Bertz CT molecular complexity index is 608. The molecule has 1 atom stereocenters. The Morgan fingerprint density at radius 3 is 2.81 bits per heavy atom. The second kappa shape index (κ2) is 5.95. The zero-order valence-corrected chi connectivity index (χ0v) is 12.4. The highest BCUT2D eigenvalue weighted by molar-refractivity contribution is 5.25. The molecule has 5 heteroatoms. The van der Waals surface area contributed by atoms with E-state index in [0.717, 1.165) is 30.9 Å². The van der Waals surface area contributed by atoms with E-state index >= 15 is 0 Å². The Balaban J connectivity index is 1.77. The molecule has 21 heavy (non-hydrogen) atoms. The first-order chi connectivity index (χ1) is 10.2. The predicted molar refractivity (Wildman–Crippen MR) is 78.3 cm³/mol. The minimum Gasteiger partial charge on any atom is -0.384 e. The zero-order valence-electron chi connectivity index (χ0n) is 12.4. The molecule has 0 aliphatic carbocycles. The number of aromatic nitrogens is 2. The number of rotatable bonds is 4. The Hall–Kier alpha value is -1.72. The van der Waals surface area contributed by atoms with Gasteiger partial charge in [-0.3, -0.25) is 9.58 Å². The third-order valence-electron chi connectivity index (χ3n) is 3.88. The Kier molecular flexibility index (Phi) is 4.03. The van der Waals surface area contributed by atoms with Crippen molar-refractivity contribution < 1.29 is 9.13 Å². The standard InChI is InChI=1S/C16H20FN3O/c1-19-8-13-9-20(7-12-3-5-15(17)6-4-12)10-14(11-21-2)16(13)18-19/h3-6,8,14H,7,9-11H2,1-2H3/t14-/m1/s1. The quantitative estimate of drug-likeness (QED) is 0.865. The molecule has 0 radical (unpaired) electrons. The summed E-state index contributed by atoms with van der Waals surface area (Å²) in [5, 5.41) is 4.56. The van der Waals surface area contributed by atoms with E-state index in [4.69, 9.17) is 4.74 Å². The molecule has 1 aromatic carbocycles. The van der Waals surface area contributed by atoms with Crippen LogP contribution in [0.25, 0.3) is 0 Å². The topological polar surface area (TPSA) is 30.3 Å². The van der Waals surface area contributed by atoms with Gasteiger partial charge in [0.15, 0.2) is 0 Å². The molecule has 0 fully saturated rings. The van der Waals surface area contributed by atoms with Gasteiger partial charge in [-0.05, 0) is 17.7 Å². The van der Waals surface area contributed by atoms with Crippen LogP contribution in [0.4, 0.5) is 4.39 Å². The number of nitrogens with zero attached hydrogens (tertiary/aromatic N) is 3. The summed E-state index contributed by atoms with van der Waals surface area (Å²) in [6.07, 6.45) is 2.08. The van der Waals surface area contributed by atoms with Crippen molar-refractivity contribution in [3.63, 3.8) is 0 Å². The largest absolute Gasteiger partial charge is 0.384 e. The molecule has 2 aromatic rings. The summed E-state index contributed by atoms with van der Waals surface area (Å²) in [7, 11) is 3.67. The molecule has 0 N–H and O–H groups in total.